The summed E-state index contributed by atoms with van der Waals surface area (Å²) in [6.07, 6.45) is -10.3. The number of hydrogen-bond acceptors (Lipinski definition) is 6. The molecule has 35 heavy (non-hydrogen) atoms. The van der Waals surface area contributed by atoms with Crippen molar-refractivity contribution < 1.29 is 50.2 Å². The summed E-state index contributed by atoms with van der Waals surface area (Å²) in [6.45, 7) is 0.477. The molecule has 0 aliphatic carbocycles. The number of aliphatic hydroxyl groups excluding tert-OH is 1. The third-order valence-corrected chi connectivity index (χ3v) is 6.14. The lowest BCUT2D eigenvalue weighted by Crippen LogP contribution is -2.46. The number of rotatable bonds is 8. The lowest BCUT2D eigenvalue weighted by Gasteiger charge is -2.30. The molecule has 0 aliphatic heterocycles. The number of benzene rings is 1. The molecule has 6 nitrogen and oxygen atoms in total. The molecular formula is C21H23F7N2O4S. The summed E-state index contributed by atoms with van der Waals surface area (Å²) in [6, 6.07) is 4.48. The van der Waals surface area contributed by atoms with Crippen molar-refractivity contribution in [3.05, 3.63) is 47.4 Å². The maximum atomic E-state index is 13.6. The van der Waals surface area contributed by atoms with E-state index in [0.29, 0.717) is 6.07 Å². The number of pyridine rings is 1. The van der Waals surface area contributed by atoms with E-state index in [9.17, 15) is 45.5 Å². The third-order valence-electron chi connectivity index (χ3n) is 4.62. The van der Waals surface area contributed by atoms with E-state index in [2.05, 4.69) is 9.71 Å². The minimum Gasteiger partial charge on any atom is -0.598 e. The van der Waals surface area contributed by atoms with Gasteiger partial charge in [-0.1, -0.05) is 0 Å². The summed E-state index contributed by atoms with van der Waals surface area (Å²) in [5, 5.41) is 19.6. The Hall–Kier alpha value is -2.13. The Morgan fingerprint density at radius 2 is 1.63 bits per heavy atom. The molecule has 2 rings (SSSR count). The van der Waals surface area contributed by atoms with Crippen LogP contribution in [0.25, 0.3) is 11.3 Å². The van der Waals surface area contributed by atoms with Crippen molar-refractivity contribution in [2.45, 2.75) is 50.0 Å². The van der Waals surface area contributed by atoms with Crippen molar-refractivity contribution in [3.63, 3.8) is 0 Å². The number of ether oxygens (including phenoxy) is 1. The van der Waals surface area contributed by atoms with Gasteiger partial charge in [0.2, 0.25) is 5.60 Å². The van der Waals surface area contributed by atoms with E-state index in [1.807, 2.05) is 0 Å². The van der Waals surface area contributed by atoms with Gasteiger partial charge in [0.25, 0.3) is 0 Å². The molecule has 0 radical (unpaired) electrons. The zero-order valence-electron chi connectivity index (χ0n) is 18.7. The zero-order chi connectivity index (χ0) is 26.8. The maximum Gasteiger partial charge on any atom is 0.425 e. The summed E-state index contributed by atoms with van der Waals surface area (Å²) >= 11 is -1.80. The fourth-order valence-electron chi connectivity index (χ4n) is 2.72. The smallest absolute Gasteiger partial charge is 0.425 e. The molecule has 0 saturated carbocycles. The van der Waals surface area contributed by atoms with Crippen molar-refractivity contribution in [1.29, 1.82) is 0 Å². The van der Waals surface area contributed by atoms with Crippen LogP contribution in [0.15, 0.2) is 30.3 Å². The highest BCUT2D eigenvalue weighted by Gasteiger charge is 2.56. The van der Waals surface area contributed by atoms with Crippen molar-refractivity contribution in [2.24, 2.45) is 0 Å². The van der Waals surface area contributed by atoms with Gasteiger partial charge in [0.15, 0.2) is 12.4 Å². The topological polar surface area (TPSA) is 97.7 Å². The molecule has 3 N–H and O–H groups in total. The number of nitrogens with zero attached hydrogens (tertiary/aromatic N) is 1. The van der Waals surface area contributed by atoms with Crippen LogP contribution in [-0.4, -0.2) is 50.1 Å². The van der Waals surface area contributed by atoms with Gasteiger partial charge in [0, 0.05) is 22.5 Å². The Morgan fingerprint density at radius 1 is 1.06 bits per heavy atom. The van der Waals surface area contributed by atoms with Crippen LogP contribution < -0.4 is 9.46 Å². The third kappa shape index (κ3) is 7.19. The summed E-state index contributed by atoms with van der Waals surface area (Å²) in [4.78, 5) is 3.67. The van der Waals surface area contributed by atoms with Crippen molar-refractivity contribution in [1.82, 2.24) is 9.71 Å². The second-order valence-corrected chi connectivity index (χ2v) is 10.5. The molecule has 0 fully saturated rings. The van der Waals surface area contributed by atoms with Gasteiger partial charge in [-0.25, -0.2) is 9.37 Å². The molecule has 2 atom stereocenters. The highest BCUT2D eigenvalue weighted by molar-refractivity contribution is 7.90. The number of aliphatic hydroxyl groups is 2. The predicted molar refractivity (Wildman–Crippen MR) is 113 cm³/mol. The Balaban J connectivity index is 2.78. The van der Waals surface area contributed by atoms with Gasteiger partial charge >= 0.3 is 12.4 Å². The molecule has 0 bridgehead atoms. The van der Waals surface area contributed by atoms with Crippen LogP contribution in [0.1, 0.15) is 32.0 Å². The lowest BCUT2D eigenvalue weighted by atomic mass is 9.95. The number of alkyl halides is 6. The van der Waals surface area contributed by atoms with E-state index in [4.69, 9.17) is 4.74 Å². The Bertz CT molecular complexity index is 1010. The highest BCUT2D eigenvalue weighted by Crippen LogP contribution is 2.42. The summed E-state index contributed by atoms with van der Waals surface area (Å²) in [7, 11) is 0. The maximum absolute atomic E-state index is 13.6. The standard InChI is InChI=1S/C21H23F7N2O4S/c1-18(2,3)35(33)29-9-13-8-15(19(32,10-31)21(26,27)28)30-16(12-4-6-14(22)7-5-12)17(13)34-11-20(23,24)25/h4-8,29,31-32H,9-11H2,1-3H3/t19-,35?/m0/s1. The molecular weight excluding hydrogens is 509 g/mol. The fraction of sp³-hybridized carbons (Fsp3) is 0.476. The van der Waals surface area contributed by atoms with E-state index in [1.165, 1.54) is 0 Å². The van der Waals surface area contributed by atoms with Crippen molar-refractivity contribution in [2.75, 3.05) is 13.2 Å². The first-order valence-electron chi connectivity index (χ1n) is 9.94. The molecule has 0 spiro atoms. The monoisotopic (exact) mass is 532 g/mol. The van der Waals surface area contributed by atoms with Crippen LogP contribution in [0.2, 0.25) is 0 Å². The zero-order valence-corrected chi connectivity index (χ0v) is 19.5. The molecule has 0 aliphatic rings. The van der Waals surface area contributed by atoms with Gasteiger partial charge in [-0.05, 0) is 51.1 Å². The molecule has 0 amide bonds. The number of hydrogen-bond donors (Lipinski definition) is 3. The minimum atomic E-state index is -5.43. The second kappa shape index (κ2) is 10.5. The Morgan fingerprint density at radius 3 is 2.09 bits per heavy atom. The van der Waals surface area contributed by atoms with Crippen LogP contribution in [0.5, 0.6) is 5.75 Å². The van der Waals surface area contributed by atoms with Crippen LogP contribution in [0, 0.1) is 5.82 Å². The summed E-state index contributed by atoms with van der Waals surface area (Å²) in [5.41, 5.74) is -6.12. The van der Waals surface area contributed by atoms with E-state index in [-0.39, 0.29) is 11.1 Å². The number of halogens is 7. The van der Waals surface area contributed by atoms with Crippen LogP contribution in [0.3, 0.4) is 0 Å². The number of aromatic nitrogens is 1. The summed E-state index contributed by atoms with van der Waals surface area (Å²) in [5.74, 6) is -1.37. The van der Waals surface area contributed by atoms with Crippen LogP contribution >= 0.6 is 0 Å². The fourth-order valence-corrected chi connectivity index (χ4v) is 3.44. The first-order valence-corrected chi connectivity index (χ1v) is 11.1. The first-order chi connectivity index (χ1) is 15.9. The van der Waals surface area contributed by atoms with Gasteiger partial charge in [-0.2, -0.15) is 26.3 Å². The average Bonchev–Trinajstić information content (AvgIpc) is 2.73. The SMILES string of the molecule is CC(C)(C)[S+]([O-])NCc1cc([C@@](O)(CO)C(F)(F)F)nc(-c2ccc(F)cc2)c1OCC(F)(F)F. The Kier molecular flexibility index (Phi) is 8.70. The average molecular weight is 532 g/mol. The molecule has 0 saturated heterocycles. The predicted octanol–water partition coefficient (Wildman–Crippen LogP) is 4.12. The van der Waals surface area contributed by atoms with E-state index in [0.717, 1.165) is 24.3 Å². The van der Waals surface area contributed by atoms with Gasteiger partial charge in [0.05, 0.1) is 18.8 Å². The van der Waals surface area contributed by atoms with Gasteiger partial charge in [-0.15, -0.1) is 4.72 Å². The molecule has 196 valence electrons. The van der Waals surface area contributed by atoms with E-state index < -0.39 is 76.8 Å². The normalized spacial score (nSPS) is 15.6. The quantitative estimate of drug-likeness (QED) is 0.350. The van der Waals surface area contributed by atoms with Gasteiger partial charge < -0.3 is 19.5 Å². The summed E-state index contributed by atoms with van der Waals surface area (Å²) < 4.78 is 112. The molecule has 2 aromatic rings. The second-order valence-electron chi connectivity index (χ2n) is 8.47. The van der Waals surface area contributed by atoms with Crippen LogP contribution in [-0.2, 0) is 23.5 Å². The largest absolute Gasteiger partial charge is 0.598 e. The number of nitrogens with one attached hydrogen (secondary N) is 1. The van der Waals surface area contributed by atoms with Gasteiger partial charge in [-0.3, -0.25) is 0 Å². The molecule has 1 unspecified atom stereocenters. The highest BCUT2D eigenvalue weighted by atomic mass is 32.2. The van der Waals surface area contributed by atoms with Gasteiger partial charge in [0.1, 0.15) is 16.3 Å². The molecule has 14 heteroatoms. The van der Waals surface area contributed by atoms with Crippen molar-refractivity contribution in [3.8, 4) is 17.0 Å². The van der Waals surface area contributed by atoms with E-state index in [1.54, 1.807) is 20.8 Å². The molecule has 1 aromatic heterocycles. The molecule has 1 heterocycles. The first kappa shape index (κ1) is 29.1. The van der Waals surface area contributed by atoms with Crippen molar-refractivity contribution >= 4 is 11.4 Å². The lowest BCUT2D eigenvalue weighted by molar-refractivity contribution is -0.279. The van der Waals surface area contributed by atoms with E-state index >= 15 is 0 Å². The van der Waals surface area contributed by atoms with Crippen LogP contribution in [0.4, 0.5) is 30.7 Å². The minimum absolute atomic E-state index is 0.133. The molecule has 1 aromatic carbocycles. The Labute approximate surface area is 199 Å².